The van der Waals surface area contributed by atoms with Crippen LogP contribution in [0, 0.1) is 11.6 Å². The Balaban J connectivity index is 1.53. The van der Waals surface area contributed by atoms with Crippen LogP contribution in [0.2, 0.25) is 0 Å². The molecule has 1 aromatic heterocycles. The number of benzene rings is 2. The quantitative estimate of drug-likeness (QED) is 0.396. The molecule has 0 radical (unpaired) electrons. The second-order valence-corrected chi connectivity index (χ2v) is 8.10. The van der Waals surface area contributed by atoms with Crippen LogP contribution in [0.15, 0.2) is 45.7 Å². The van der Waals surface area contributed by atoms with Gasteiger partial charge in [0.1, 0.15) is 23.4 Å². The van der Waals surface area contributed by atoms with Gasteiger partial charge in [-0.3, -0.25) is 4.79 Å². The number of aromatic nitrogens is 2. The molecule has 1 aliphatic heterocycles. The number of alkyl halides is 3. The van der Waals surface area contributed by atoms with Gasteiger partial charge in [-0.1, -0.05) is 5.10 Å². The maximum atomic E-state index is 14.5. The van der Waals surface area contributed by atoms with Crippen LogP contribution in [0.25, 0.3) is 11.5 Å². The molecular formula is C20H15F5N4O3S. The van der Waals surface area contributed by atoms with Crippen LogP contribution >= 0.6 is 11.8 Å². The van der Waals surface area contributed by atoms with Crippen LogP contribution in [-0.4, -0.2) is 41.3 Å². The Morgan fingerprint density at radius 2 is 1.82 bits per heavy atom. The van der Waals surface area contributed by atoms with Crippen LogP contribution in [0.3, 0.4) is 0 Å². The van der Waals surface area contributed by atoms with E-state index < -0.39 is 35.0 Å². The summed E-state index contributed by atoms with van der Waals surface area (Å²) in [4.78, 5) is 12.3. The summed E-state index contributed by atoms with van der Waals surface area (Å²) in [5.74, 6) is -3.21. The number of hydrogen-bond donors (Lipinski definition) is 2. The predicted molar refractivity (Wildman–Crippen MR) is 108 cm³/mol. The first-order valence-corrected chi connectivity index (χ1v) is 10.2. The van der Waals surface area contributed by atoms with E-state index in [0.717, 1.165) is 12.1 Å². The molecule has 4 rings (SSSR count). The number of nitrogens with one attached hydrogen (secondary N) is 2. The average molecular weight is 486 g/mol. The zero-order chi connectivity index (χ0) is 23.8. The minimum absolute atomic E-state index is 0.00302. The van der Waals surface area contributed by atoms with Gasteiger partial charge in [-0.2, -0.15) is 13.2 Å². The smallest absolute Gasteiger partial charge is 0.446 e. The lowest BCUT2D eigenvalue weighted by molar-refractivity contribution is -0.119. The topological polar surface area (TPSA) is 89.3 Å². The molecule has 1 fully saturated rings. The van der Waals surface area contributed by atoms with E-state index in [9.17, 15) is 26.7 Å². The lowest BCUT2D eigenvalue weighted by Gasteiger charge is -2.19. The van der Waals surface area contributed by atoms with E-state index in [1.54, 1.807) is 0 Å². The molecule has 1 unspecified atom stereocenters. The highest BCUT2D eigenvalue weighted by atomic mass is 32.2. The molecule has 1 aliphatic rings. The van der Waals surface area contributed by atoms with Crippen molar-refractivity contribution in [2.75, 3.05) is 19.0 Å². The SMILES string of the molecule is COc1cc(F)c(C2CNC(=O)[C@@H]2Nc2nnc(-c3ccc(SC(F)(F)F)cc3)o2)c(F)c1. The first kappa shape index (κ1) is 22.8. The highest BCUT2D eigenvalue weighted by molar-refractivity contribution is 8.00. The summed E-state index contributed by atoms with van der Waals surface area (Å²) in [7, 11) is 1.27. The number of carbonyl (C=O) groups excluding carboxylic acids is 1. The Bertz CT molecular complexity index is 1150. The third kappa shape index (κ3) is 5.02. The largest absolute Gasteiger partial charge is 0.497 e. The van der Waals surface area contributed by atoms with Gasteiger partial charge in [0.25, 0.3) is 0 Å². The van der Waals surface area contributed by atoms with Gasteiger partial charge in [0.2, 0.25) is 11.8 Å². The molecule has 7 nitrogen and oxygen atoms in total. The number of nitrogens with zero attached hydrogens (tertiary/aromatic N) is 2. The van der Waals surface area contributed by atoms with Crippen molar-refractivity contribution in [3.8, 4) is 17.2 Å². The molecule has 2 atom stereocenters. The van der Waals surface area contributed by atoms with Crippen LogP contribution < -0.4 is 15.4 Å². The number of hydrogen-bond acceptors (Lipinski definition) is 7. The van der Waals surface area contributed by atoms with Gasteiger partial charge in [0, 0.05) is 40.6 Å². The van der Waals surface area contributed by atoms with Crippen molar-refractivity contribution >= 4 is 23.7 Å². The first-order chi connectivity index (χ1) is 15.6. The zero-order valence-corrected chi connectivity index (χ0v) is 17.6. The van der Waals surface area contributed by atoms with E-state index in [1.807, 2.05) is 0 Å². The lowest BCUT2D eigenvalue weighted by Crippen LogP contribution is -2.33. The number of amides is 1. The van der Waals surface area contributed by atoms with Gasteiger partial charge < -0.3 is 19.8 Å². The van der Waals surface area contributed by atoms with E-state index in [1.165, 1.54) is 31.4 Å². The van der Waals surface area contributed by atoms with Gasteiger partial charge in [0.15, 0.2) is 0 Å². The molecule has 2 heterocycles. The van der Waals surface area contributed by atoms with Crippen LogP contribution in [-0.2, 0) is 4.79 Å². The summed E-state index contributed by atoms with van der Waals surface area (Å²) in [6.45, 7) is -0.0317. The molecule has 3 aromatic rings. The molecule has 13 heteroatoms. The summed E-state index contributed by atoms with van der Waals surface area (Å²) < 4.78 is 76.8. The van der Waals surface area contributed by atoms with Crippen LogP contribution in [0.5, 0.6) is 5.75 Å². The molecule has 0 aliphatic carbocycles. The molecule has 0 bridgehead atoms. The van der Waals surface area contributed by atoms with Crippen molar-refractivity contribution in [1.82, 2.24) is 15.5 Å². The van der Waals surface area contributed by atoms with Gasteiger partial charge >= 0.3 is 11.5 Å². The monoisotopic (exact) mass is 486 g/mol. The molecule has 33 heavy (non-hydrogen) atoms. The molecule has 174 valence electrons. The normalized spacial score (nSPS) is 18.3. The summed E-state index contributed by atoms with van der Waals surface area (Å²) >= 11 is -0.259. The highest BCUT2D eigenvalue weighted by Gasteiger charge is 2.40. The molecule has 0 spiro atoms. The van der Waals surface area contributed by atoms with Gasteiger partial charge in [-0.15, -0.1) is 5.10 Å². The van der Waals surface area contributed by atoms with Crippen molar-refractivity contribution in [1.29, 1.82) is 0 Å². The summed E-state index contributed by atoms with van der Waals surface area (Å²) in [5, 5.41) is 12.8. The number of rotatable bonds is 6. The van der Waals surface area contributed by atoms with Gasteiger partial charge in [0.05, 0.1) is 7.11 Å². The van der Waals surface area contributed by atoms with E-state index >= 15 is 0 Å². The second-order valence-electron chi connectivity index (χ2n) is 6.96. The number of anilines is 1. The van der Waals surface area contributed by atoms with Gasteiger partial charge in [-0.05, 0) is 36.0 Å². The van der Waals surface area contributed by atoms with E-state index in [2.05, 4.69) is 20.8 Å². The fourth-order valence-corrected chi connectivity index (χ4v) is 3.96. The minimum atomic E-state index is -4.41. The predicted octanol–water partition coefficient (Wildman–Crippen LogP) is 4.33. The van der Waals surface area contributed by atoms with Crippen molar-refractivity contribution in [3.05, 3.63) is 53.6 Å². The zero-order valence-electron chi connectivity index (χ0n) is 16.7. The average Bonchev–Trinajstić information content (AvgIpc) is 3.35. The van der Waals surface area contributed by atoms with Crippen molar-refractivity contribution < 1.29 is 35.9 Å². The molecule has 2 aromatic carbocycles. The molecule has 2 N–H and O–H groups in total. The Morgan fingerprint density at radius 1 is 1.15 bits per heavy atom. The Labute approximate surface area is 187 Å². The van der Waals surface area contributed by atoms with Crippen LogP contribution in [0.4, 0.5) is 28.0 Å². The number of carbonyl (C=O) groups is 1. The number of thioether (sulfide) groups is 1. The van der Waals surface area contributed by atoms with Crippen molar-refractivity contribution in [2.45, 2.75) is 22.4 Å². The fraction of sp³-hybridized carbons (Fsp3) is 0.250. The van der Waals surface area contributed by atoms with E-state index in [0.29, 0.717) is 5.56 Å². The maximum Gasteiger partial charge on any atom is 0.446 e. The number of ether oxygens (including phenoxy) is 1. The molecule has 1 saturated heterocycles. The fourth-order valence-electron chi connectivity index (χ4n) is 3.42. The molecule has 0 saturated carbocycles. The Morgan fingerprint density at radius 3 is 2.42 bits per heavy atom. The molecule has 1 amide bonds. The lowest BCUT2D eigenvalue weighted by atomic mass is 9.93. The van der Waals surface area contributed by atoms with E-state index in [-0.39, 0.29) is 46.4 Å². The second kappa shape index (κ2) is 8.89. The highest BCUT2D eigenvalue weighted by Crippen LogP contribution is 2.37. The van der Waals surface area contributed by atoms with E-state index in [4.69, 9.17) is 9.15 Å². The van der Waals surface area contributed by atoms with Gasteiger partial charge in [-0.25, -0.2) is 8.78 Å². The summed E-state index contributed by atoms with van der Waals surface area (Å²) in [6, 6.07) is 5.98. The third-order valence-electron chi connectivity index (χ3n) is 4.88. The minimum Gasteiger partial charge on any atom is -0.497 e. The molecular weight excluding hydrogens is 471 g/mol. The van der Waals surface area contributed by atoms with Crippen molar-refractivity contribution in [3.63, 3.8) is 0 Å². The number of methoxy groups -OCH3 is 1. The summed E-state index contributed by atoms with van der Waals surface area (Å²) in [5.41, 5.74) is -4.37. The summed E-state index contributed by atoms with van der Waals surface area (Å²) in [6.07, 6.45) is 0. The van der Waals surface area contributed by atoms with Crippen molar-refractivity contribution in [2.24, 2.45) is 0 Å². The Hall–Kier alpha value is -3.35. The standard InChI is InChI=1S/C20H15F5N4O3S/c1-31-10-6-13(21)15(14(22)7-10)12-8-26-17(30)16(12)27-19-29-28-18(32-19)9-2-4-11(5-3-9)33-20(23,24)25/h2-7,12,16H,8H2,1H3,(H,26,30)(H,27,29)/t12?,16-/m1/s1. The number of halogens is 5. The maximum absolute atomic E-state index is 14.5. The third-order valence-corrected chi connectivity index (χ3v) is 5.62. The first-order valence-electron chi connectivity index (χ1n) is 9.41. The Kier molecular flexibility index (Phi) is 6.15. The van der Waals surface area contributed by atoms with Crippen LogP contribution in [0.1, 0.15) is 11.5 Å².